The molecule has 144 valence electrons. The fourth-order valence-corrected chi connectivity index (χ4v) is 4.04. The van der Waals surface area contributed by atoms with Gasteiger partial charge >= 0.3 is 6.61 Å². The Kier molecular flexibility index (Phi) is 4.78. The molecule has 0 unspecified atom stereocenters. The fourth-order valence-electron chi connectivity index (χ4n) is 2.97. The molecule has 0 amide bonds. The molecule has 0 bridgehead atoms. The summed E-state index contributed by atoms with van der Waals surface area (Å²) >= 11 is 1.43. The van der Waals surface area contributed by atoms with E-state index in [1.807, 2.05) is 19.1 Å². The highest BCUT2D eigenvalue weighted by molar-refractivity contribution is 7.21. The Morgan fingerprint density at radius 3 is 2.68 bits per heavy atom. The van der Waals surface area contributed by atoms with Crippen LogP contribution in [-0.4, -0.2) is 33.8 Å². The van der Waals surface area contributed by atoms with Crippen molar-refractivity contribution in [3.8, 4) is 22.2 Å². The second-order valence-corrected chi connectivity index (χ2v) is 7.12. The van der Waals surface area contributed by atoms with Crippen LogP contribution in [0.4, 0.5) is 8.78 Å². The minimum atomic E-state index is -2.96. The Labute approximate surface area is 162 Å². The summed E-state index contributed by atoms with van der Waals surface area (Å²) in [5, 5.41) is 10.1. The molecule has 4 rings (SSSR count). The molecule has 4 aromatic rings. The standard InChI is InChI=1S/C19H15F2N3O3S/c1-9-3-11(16-12(4-9)23-15(7-22-16)27-19(20)21)18-24-17-13(26-2)5-10(8-25)6-14(17)28-18/h3-7,19,25H,8H2,1-2H3. The van der Waals surface area contributed by atoms with Crippen LogP contribution in [0.15, 0.2) is 30.5 Å². The minimum Gasteiger partial charge on any atom is -0.494 e. The highest BCUT2D eigenvalue weighted by Crippen LogP contribution is 2.38. The molecule has 1 N–H and O–H groups in total. The average molecular weight is 403 g/mol. The van der Waals surface area contributed by atoms with Crippen LogP contribution in [0.25, 0.3) is 31.8 Å². The number of benzene rings is 2. The van der Waals surface area contributed by atoms with Gasteiger partial charge in [0.25, 0.3) is 0 Å². The second-order valence-electron chi connectivity index (χ2n) is 6.09. The van der Waals surface area contributed by atoms with Crippen molar-refractivity contribution in [1.82, 2.24) is 15.0 Å². The van der Waals surface area contributed by atoms with Gasteiger partial charge in [-0.3, -0.25) is 0 Å². The van der Waals surface area contributed by atoms with Crippen molar-refractivity contribution in [3.05, 3.63) is 41.6 Å². The molecular formula is C19H15F2N3O3S. The first-order chi connectivity index (χ1) is 13.5. The van der Waals surface area contributed by atoms with Crippen LogP contribution >= 0.6 is 11.3 Å². The van der Waals surface area contributed by atoms with Crippen LogP contribution in [0.3, 0.4) is 0 Å². The summed E-state index contributed by atoms with van der Waals surface area (Å²) in [5.74, 6) is 0.331. The number of aliphatic hydroxyl groups is 1. The Balaban J connectivity index is 1.90. The SMILES string of the molecule is COc1cc(CO)cc2sc(-c3cc(C)cc4nc(OC(F)F)cnc34)nc12. The van der Waals surface area contributed by atoms with Crippen molar-refractivity contribution in [3.63, 3.8) is 0 Å². The molecule has 0 saturated carbocycles. The molecule has 0 spiro atoms. The van der Waals surface area contributed by atoms with E-state index in [0.717, 1.165) is 21.4 Å². The predicted molar refractivity (Wildman–Crippen MR) is 102 cm³/mol. The number of hydrogen-bond acceptors (Lipinski definition) is 7. The number of ether oxygens (including phenoxy) is 2. The monoisotopic (exact) mass is 403 g/mol. The van der Waals surface area contributed by atoms with Gasteiger partial charge in [0.05, 0.1) is 35.6 Å². The van der Waals surface area contributed by atoms with Gasteiger partial charge in [0.2, 0.25) is 5.88 Å². The van der Waals surface area contributed by atoms with E-state index >= 15 is 0 Å². The van der Waals surface area contributed by atoms with E-state index in [1.54, 1.807) is 19.2 Å². The van der Waals surface area contributed by atoms with Crippen molar-refractivity contribution in [2.45, 2.75) is 20.1 Å². The Morgan fingerprint density at radius 2 is 1.96 bits per heavy atom. The summed E-state index contributed by atoms with van der Waals surface area (Å²) in [5.41, 5.74) is 4.00. The molecule has 0 radical (unpaired) electrons. The molecule has 0 fully saturated rings. The summed E-state index contributed by atoms with van der Waals surface area (Å²) in [6.07, 6.45) is 1.17. The maximum atomic E-state index is 12.5. The molecule has 0 atom stereocenters. The van der Waals surface area contributed by atoms with Crippen molar-refractivity contribution in [2.75, 3.05) is 7.11 Å². The maximum absolute atomic E-state index is 12.5. The number of aryl methyl sites for hydroxylation is 1. The molecule has 0 aliphatic carbocycles. The van der Waals surface area contributed by atoms with Crippen LogP contribution in [0.1, 0.15) is 11.1 Å². The molecular weight excluding hydrogens is 388 g/mol. The molecule has 2 heterocycles. The van der Waals surface area contributed by atoms with Gasteiger partial charge in [-0.2, -0.15) is 8.78 Å². The third-order valence-corrected chi connectivity index (χ3v) is 5.17. The number of methoxy groups -OCH3 is 1. The van der Waals surface area contributed by atoms with Crippen LogP contribution in [0.2, 0.25) is 0 Å². The van der Waals surface area contributed by atoms with Crippen molar-refractivity contribution in [2.24, 2.45) is 0 Å². The molecule has 0 aliphatic rings. The largest absolute Gasteiger partial charge is 0.494 e. The van der Waals surface area contributed by atoms with Crippen molar-refractivity contribution in [1.29, 1.82) is 0 Å². The summed E-state index contributed by atoms with van der Waals surface area (Å²) in [4.78, 5) is 13.1. The smallest absolute Gasteiger partial charge is 0.388 e. The predicted octanol–water partition coefficient (Wildman–Crippen LogP) is 4.32. The van der Waals surface area contributed by atoms with E-state index in [9.17, 15) is 13.9 Å². The van der Waals surface area contributed by atoms with Crippen molar-refractivity contribution < 1.29 is 23.4 Å². The normalized spacial score (nSPS) is 11.5. The number of rotatable bonds is 5. The molecule has 0 aliphatic heterocycles. The van der Waals surface area contributed by atoms with Crippen LogP contribution in [0, 0.1) is 6.92 Å². The molecule has 2 aromatic carbocycles. The summed E-state index contributed by atoms with van der Waals surface area (Å²) in [6.45, 7) is -1.19. The first-order valence-corrected chi connectivity index (χ1v) is 9.11. The summed E-state index contributed by atoms with van der Waals surface area (Å²) < 4.78 is 35.5. The number of hydrogen-bond donors (Lipinski definition) is 1. The first kappa shape index (κ1) is 18.5. The maximum Gasteiger partial charge on any atom is 0.388 e. The van der Waals surface area contributed by atoms with Crippen LogP contribution in [-0.2, 0) is 6.61 Å². The number of nitrogens with zero attached hydrogens (tertiary/aromatic N) is 3. The lowest BCUT2D eigenvalue weighted by molar-refractivity contribution is -0.0528. The van der Waals surface area contributed by atoms with Gasteiger partial charge in [0.15, 0.2) is 0 Å². The number of aliphatic hydroxyl groups excluding tert-OH is 1. The summed E-state index contributed by atoms with van der Waals surface area (Å²) in [7, 11) is 1.55. The molecule has 0 saturated heterocycles. The Hall–Kier alpha value is -2.91. The van der Waals surface area contributed by atoms with Gasteiger partial charge in [-0.05, 0) is 42.3 Å². The number of halogens is 2. The Bertz CT molecular complexity index is 1180. The average Bonchev–Trinajstić information content (AvgIpc) is 3.09. The number of alkyl halides is 2. The lowest BCUT2D eigenvalue weighted by Gasteiger charge is -2.07. The van der Waals surface area contributed by atoms with Crippen LogP contribution in [0.5, 0.6) is 11.6 Å². The molecule has 9 heteroatoms. The minimum absolute atomic E-state index is 0.106. The lowest BCUT2D eigenvalue weighted by Crippen LogP contribution is -2.04. The zero-order valence-electron chi connectivity index (χ0n) is 14.9. The second kappa shape index (κ2) is 7.25. The van der Waals surface area contributed by atoms with Gasteiger partial charge in [0, 0.05) is 5.56 Å². The van der Waals surface area contributed by atoms with E-state index in [2.05, 4.69) is 19.7 Å². The first-order valence-electron chi connectivity index (χ1n) is 8.29. The lowest BCUT2D eigenvalue weighted by atomic mass is 10.1. The summed E-state index contributed by atoms with van der Waals surface area (Å²) in [6, 6.07) is 7.27. The van der Waals surface area contributed by atoms with Gasteiger partial charge in [-0.25, -0.2) is 15.0 Å². The van der Waals surface area contributed by atoms with E-state index in [0.29, 0.717) is 27.3 Å². The third kappa shape index (κ3) is 3.34. The highest BCUT2D eigenvalue weighted by Gasteiger charge is 2.17. The van der Waals surface area contributed by atoms with Crippen molar-refractivity contribution >= 4 is 32.6 Å². The number of aromatic nitrogens is 3. The quantitative estimate of drug-likeness (QED) is 0.535. The van der Waals surface area contributed by atoms with Gasteiger partial charge in [-0.15, -0.1) is 11.3 Å². The fraction of sp³-hybridized carbons (Fsp3) is 0.211. The molecule has 28 heavy (non-hydrogen) atoms. The van der Waals surface area contributed by atoms with E-state index < -0.39 is 6.61 Å². The highest BCUT2D eigenvalue weighted by atomic mass is 32.1. The van der Waals surface area contributed by atoms with Crippen LogP contribution < -0.4 is 9.47 Å². The number of thiazole rings is 1. The molecule has 6 nitrogen and oxygen atoms in total. The topological polar surface area (TPSA) is 77.4 Å². The zero-order valence-corrected chi connectivity index (χ0v) is 15.8. The third-order valence-electron chi connectivity index (χ3n) is 4.13. The van der Waals surface area contributed by atoms with E-state index in [1.165, 1.54) is 17.5 Å². The van der Waals surface area contributed by atoms with Gasteiger partial charge < -0.3 is 14.6 Å². The Morgan fingerprint density at radius 1 is 1.14 bits per heavy atom. The number of fused-ring (bicyclic) bond motifs is 2. The van der Waals surface area contributed by atoms with Gasteiger partial charge in [0.1, 0.15) is 16.3 Å². The van der Waals surface area contributed by atoms with E-state index in [-0.39, 0.29) is 12.5 Å². The van der Waals surface area contributed by atoms with E-state index in [4.69, 9.17) is 4.74 Å². The molecule has 2 aromatic heterocycles. The zero-order chi connectivity index (χ0) is 19.8. The van der Waals surface area contributed by atoms with Gasteiger partial charge in [-0.1, -0.05) is 0 Å².